The Morgan fingerprint density at radius 1 is 1.30 bits per heavy atom. The number of esters is 1. The molecule has 1 aliphatic heterocycles. The van der Waals surface area contributed by atoms with Crippen molar-refractivity contribution >= 4 is 40.8 Å². The molecule has 1 aromatic carbocycles. The summed E-state index contributed by atoms with van der Waals surface area (Å²) < 4.78 is 10.3. The Bertz CT molecular complexity index is 948. The van der Waals surface area contributed by atoms with E-state index < -0.39 is 17.9 Å². The number of carbonyl (C=O) groups excluding carboxylic acids is 2. The van der Waals surface area contributed by atoms with Crippen molar-refractivity contribution in [1.82, 2.24) is 4.90 Å². The van der Waals surface area contributed by atoms with Crippen LogP contribution in [-0.4, -0.2) is 43.0 Å². The molecule has 1 aromatic heterocycles. The minimum absolute atomic E-state index is 0.0958. The van der Waals surface area contributed by atoms with Crippen LogP contribution in [0.4, 0.5) is 5.69 Å². The lowest BCUT2D eigenvalue weighted by molar-refractivity contribution is -0.142. The summed E-state index contributed by atoms with van der Waals surface area (Å²) in [6.07, 6.45) is 5.20. The molecule has 3 rings (SSSR count). The molecule has 8 heteroatoms. The molecule has 30 heavy (non-hydrogen) atoms. The number of fused-ring (bicyclic) bond motifs is 1. The number of hydrogen-bond acceptors (Lipinski definition) is 5. The predicted octanol–water partition coefficient (Wildman–Crippen LogP) is 4.89. The van der Waals surface area contributed by atoms with Crippen LogP contribution in [0, 0.1) is 0 Å². The molecular weight excluding hydrogens is 427 g/mol. The summed E-state index contributed by atoms with van der Waals surface area (Å²) in [5.41, 5.74) is 1.14. The number of amides is 1. The molecule has 0 saturated carbocycles. The molecule has 6 nitrogen and oxygen atoms in total. The third-order valence-corrected chi connectivity index (χ3v) is 5.55. The number of carbonyl (C=O) groups is 2. The van der Waals surface area contributed by atoms with E-state index in [1.165, 1.54) is 24.3 Å². The number of halogens is 2. The summed E-state index contributed by atoms with van der Waals surface area (Å²) in [4.78, 5) is 29.5. The van der Waals surface area contributed by atoms with E-state index in [0.717, 1.165) is 0 Å². The molecule has 1 aliphatic rings. The topological polar surface area (TPSA) is 63.0 Å². The van der Waals surface area contributed by atoms with Gasteiger partial charge in [0.2, 0.25) is 0 Å². The number of anilines is 1. The summed E-state index contributed by atoms with van der Waals surface area (Å²) in [6.45, 7) is 8.71. The molecule has 2 atom stereocenters. The first-order chi connectivity index (χ1) is 14.4. The molecule has 2 aromatic rings. The molecule has 0 saturated heterocycles. The van der Waals surface area contributed by atoms with Crippen molar-refractivity contribution in [2.24, 2.45) is 0 Å². The molecule has 158 valence electrons. The maximum absolute atomic E-state index is 13.3. The Hall–Kier alpha value is -2.54. The fraction of sp³-hybridized carbons (Fsp3) is 0.273. The average molecular weight is 449 g/mol. The van der Waals surface area contributed by atoms with E-state index in [1.807, 2.05) is 0 Å². The summed E-state index contributed by atoms with van der Waals surface area (Å²) >= 11 is 12.9. The number of nitrogens with zero attached hydrogens (tertiary/aromatic N) is 2. The van der Waals surface area contributed by atoms with Gasteiger partial charge in [0.05, 0.1) is 19.1 Å². The molecule has 0 fully saturated rings. The van der Waals surface area contributed by atoms with Gasteiger partial charge in [-0.05, 0) is 30.7 Å². The normalized spacial score (nSPS) is 18.1. The first-order valence-corrected chi connectivity index (χ1v) is 10.1. The quantitative estimate of drug-likeness (QED) is 0.445. The zero-order chi connectivity index (χ0) is 21.8. The highest BCUT2D eigenvalue weighted by Gasteiger charge is 2.44. The smallest absolute Gasteiger partial charge is 0.329 e. The lowest BCUT2D eigenvalue weighted by Gasteiger charge is -2.43. The number of rotatable bonds is 7. The Morgan fingerprint density at radius 3 is 2.57 bits per heavy atom. The van der Waals surface area contributed by atoms with Gasteiger partial charge in [0.1, 0.15) is 6.04 Å². The van der Waals surface area contributed by atoms with Crippen LogP contribution in [0.3, 0.4) is 0 Å². The number of ether oxygens (including phenoxy) is 1. The molecule has 2 heterocycles. The molecular formula is C22H22Cl2N2O4. The van der Waals surface area contributed by atoms with Gasteiger partial charge in [-0.25, -0.2) is 4.79 Å². The zero-order valence-electron chi connectivity index (χ0n) is 16.5. The first-order valence-electron chi connectivity index (χ1n) is 9.32. The summed E-state index contributed by atoms with van der Waals surface area (Å²) in [5.74, 6) is -0.926. The lowest BCUT2D eigenvalue weighted by atomic mass is 9.89. The maximum atomic E-state index is 13.3. The summed E-state index contributed by atoms with van der Waals surface area (Å²) in [6, 6.07) is 5.22. The van der Waals surface area contributed by atoms with Crippen LogP contribution in [0.5, 0.6) is 0 Å². The monoisotopic (exact) mass is 448 g/mol. The highest BCUT2D eigenvalue weighted by molar-refractivity contribution is 6.36. The molecule has 0 radical (unpaired) electrons. The molecule has 0 unspecified atom stereocenters. The van der Waals surface area contributed by atoms with E-state index >= 15 is 0 Å². The van der Waals surface area contributed by atoms with Crippen molar-refractivity contribution in [3.63, 3.8) is 0 Å². The third kappa shape index (κ3) is 4.17. The van der Waals surface area contributed by atoms with E-state index in [9.17, 15) is 9.59 Å². The van der Waals surface area contributed by atoms with Crippen LogP contribution in [0.2, 0.25) is 10.0 Å². The standard InChI is InChI=1S/C22H22Cl2N2O4/c1-4-8-25(9-5-2)16-13-18(22(28)29-3)26(21(27)19-7-6-10-30-19)17-12-14(23)11-15(24)20(16)17/h4-7,10-12,16,18H,1-2,8-9,13H2,3H3/t16-,18+/m0/s1. The van der Waals surface area contributed by atoms with Crippen LogP contribution in [0.25, 0.3) is 0 Å². The second-order valence-corrected chi connectivity index (χ2v) is 7.64. The van der Waals surface area contributed by atoms with Gasteiger partial charge in [-0.2, -0.15) is 0 Å². The van der Waals surface area contributed by atoms with Gasteiger partial charge in [0.25, 0.3) is 5.91 Å². The van der Waals surface area contributed by atoms with E-state index in [4.69, 9.17) is 32.4 Å². The van der Waals surface area contributed by atoms with Crippen LogP contribution in [0.15, 0.2) is 60.3 Å². The van der Waals surface area contributed by atoms with Gasteiger partial charge < -0.3 is 9.15 Å². The molecule has 0 aliphatic carbocycles. The Kier molecular flexibility index (Phi) is 7.02. The van der Waals surface area contributed by atoms with Crippen LogP contribution >= 0.6 is 23.2 Å². The Balaban J connectivity index is 2.22. The Labute approximate surface area is 185 Å². The van der Waals surface area contributed by atoms with Crippen LogP contribution < -0.4 is 4.90 Å². The fourth-order valence-electron chi connectivity index (χ4n) is 3.80. The first kappa shape index (κ1) is 22.2. The molecule has 0 bridgehead atoms. The van der Waals surface area contributed by atoms with Crippen molar-refractivity contribution in [3.8, 4) is 0 Å². The van der Waals surface area contributed by atoms with Crippen molar-refractivity contribution < 1.29 is 18.7 Å². The maximum Gasteiger partial charge on any atom is 0.329 e. The third-order valence-electron chi connectivity index (χ3n) is 5.02. The minimum atomic E-state index is -0.892. The number of furan rings is 1. The molecule has 0 spiro atoms. The summed E-state index contributed by atoms with van der Waals surface area (Å²) in [5, 5.41) is 0.750. The minimum Gasteiger partial charge on any atom is -0.467 e. The summed E-state index contributed by atoms with van der Waals surface area (Å²) in [7, 11) is 1.29. The number of hydrogen-bond donors (Lipinski definition) is 0. The van der Waals surface area contributed by atoms with Crippen molar-refractivity contribution in [1.29, 1.82) is 0 Å². The van der Waals surface area contributed by atoms with E-state index in [0.29, 0.717) is 34.4 Å². The van der Waals surface area contributed by atoms with E-state index in [1.54, 1.807) is 30.4 Å². The second-order valence-electron chi connectivity index (χ2n) is 6.79. The highest BCUT2D eigenvalue weighted by atomic mass is 35.5. The van der Waals surface area contributed by atoms with Crippen LogP contribution in [0.1, 0.15) is 28.6 Å². The van der Waals surface area contributed by atoms with Crippen LogP contribution in [-0.2, 0) is 9.53 Å². The van der Waals surface area contributed by atoms with E-state index in [-0.39, 0.29) is 18.2 Å². The number of benzene rings is 1. The van der Waals surface area contributed by atoms with Crippen molar-refractivity contribution in [2.75, 3.05) is 25.1 Å². The van der Waals surface area contributed by atoms with Gasteiger partial charge in [-0.1, -0.05) is 35.4 Å². The van der Waals surface area contributed by atoms with Gasteiger partial charge in [0, 0.05) is 34.7 Å². The average Bonchev–Trinajstić information content (AvgIpc) is 3.26. The highest BCUT2D eigenvalue weighted by Crippen LogP contribution is 2.46. The lowest BCUT2D eigenvalue weighted by Crippen LogP contribution is -2.52. The van der Waals surface area contributed by atoms with Gasteiger partial charge in [0.15, 0.2) is 5.76 Å². The second kappa shape index (κ2) is 9.51. The SMILES string of the molecule is C=CCN(CC=C)[C@H]1C[C@H](C(=O)OC)N(C(=O)c2ccco2)c2cc(Cl)cc(Cl)c21. The zero-order valence-corrected chi connectivity index (χ0v) is 18.0. The predicted molar refractivity (Wildman–Crippen MR) is 117 cm³/mol. The number of methoxy groups -OCH3 is 1. The fourth-order valence-corrected chi connectivity index (χ4v) is 4.41. The largest absolute Gasteiger partial charge is 0.467 e. The van der Waals surface area contributed by atoms with Crippen molar-refractivity contribution in [2.45, 2.75) is 18.5 Å². The van der Waals surface area contributed by atoms with Gasteiger partial charge >= 0.3 is 5.97 Å². The van der Waals surface area contributed by atoms with E-state index in [2.05, 4.69) is 18.1 Å². The Morgan fingerprint density at radius 2 is 2.00 bits per heavy atom. The van der Waals surface area contributed by atoms with Gasteiger partial charge in [-0.3, -0.25) is 14.6 Å². The van der Waals surface area contributed by atoms with Gasteiger partial charge in [-0.15, -0.1) is 13.2 Å². The van der Waals surface area contributed by atoms with Crippen molar-refractivity contribution in [3.05, 3.63) is 77.2 Å². The molecule has 1 amide bonds. The molecule has 0 N–H and O–H groups in total.